The second kappa shape index (κ2) is 9.17. The lowest BCUT2D eigenvalue weighted by molar-refractivity contribution is -0.115. The topological polar surface area (TPSA) is 60.3 Å². The van der Waals surface area contributed by atoms with Crippen LogP contribution in [0.5, 0.6) is 5.75 Å². The number of ether oxygens (including phenoxy) is 1. The molecule has 0 unspecified atom stereocenters. The van der Waals surface area contributed by atoms with Crippen LogP contribution < -0.4 is 10.1 Å². The van der Waals surface area contributed by atoms with E-state index in [0.29, 0.717) is 23.1 Å². The van der Waals surface area contributed by atoms with E-state index >= 15 is 0 Å². The van der Waals surface area contributed by atoms with Crippen LogP contribution in [0.25, 0.3) is 17.0 Å². The minimum absolute atomic E-state index is 0.358. The molecule has 1 aliphatic heterocycles. The summed E-state index contributed by atoms with van der Waals surface area (Å²) < 4.78 is 8.11. The number of carbonyl (C=O) groups excluding carboxylic acids is 2. The highest BCUT2D eigenvalue weighted by molar-refractivity contribution is 8.18. The maximum Gasteiger partial charge on any atom is 0.290 e. The summed E-state index contributed by atoms with van der Waals surface area (Å²) in [6.45, 7) is 1.07. The smallest absolute Gasteiger partial charge is 0.290 e. The van der Waals surface area contributed by atoms with Crippen molar-refractivity contribution in [2.75, 3.05) is 0 Å². The van der Waals surface area contributed by atoms with Gasteiger partial charge in [-0.3, -0.25) is 14.9 Å². The van der Waals surface area contributed by atoms with Crippen molar-refractivity contribution in [2.24, 2.45) is 0 Å². The van der Waals surface area contributed by atoms with Gasteiger partial charge in [-0.25, -0.2) is 0 Å². The molecule has 5 nitrogen and oxygen atoms in total. The van der Waals surface area contributed by atoms with Gasteiger partial charge in [0.15, 0.2) is 0 Å². The summed E-state index contributed by atoms with van der Waals surface area (Å²) in [7, 11) is 0. The number of rotatable bonds is 6. The van der Waals surface area contributed by atoms with Gasteiger partial charge in [0.1, 0.15) is 12.4 Å². The molecular weight excluding hydrogens is 456 g/mol. The number of hydrogen-bond acceptors (Lipinski definition) is 4. The molecule has 7 heteroatoms. The van der Waals surface area contributed by atoms with E-state index in [1.165, 1.54) is 0 Å². The third-order valence-electron chi connectivity index (χ3n) is 5.33. The quantitative estimate of drug-likeness (QED) is 0.336. The van der Waals surface area contributed by atoms with Gasteiger partial charge in [0.05, 0.1) is 4.91 Å². The highest BCUT2D eigenvalue weighted by Gasteiger charge is 2.25. The van der Waals surface area contributed by atoms with Gasteiger partial charge in [-0.15, -0.1) is 0 Å². The van der Waals surface area contributed by atoms with Crippen LogP contribution in [0.4, 0.5) is 4.79 Å². The Morgan fingerprint density at radius 2 is 1.73 bits per heavy atom. The Kier molecular flexibility index (Phi) is 5.94. The predicted molar refractivity (Wildman–Crippen MR) is 132 cm³/mol. The minimum Gasteiger partial charge on any atom is -0.489 e. The number of aromatic nitrogens is 1. The standard InChI is InChI=1S/C26H19ClN2O3S/c27-20-8-6-17(7-9-20)15-29-21(14-24-25(30)28-26(31)33-24)12-19-13-22(10-11-23(19)29)32-16-18-4-2-1-3-5-18/h1-14H,15-16H2,(H,28,30,31)/b24-14+. The van der Waals surface area contributed by atoms with E-state index in [1.807, 2.05) is 78.9 Å². The Labute approximate surface area is 200 Å². The average Bonchev–Trinajstić information content (AvgIpc) is 3.32. The van der Waals surface area contributed by atoms with Gasteiger partial charge in [0.25, 0.3) is 11.1 Å². The first-order valence-electron chi connectivity index (χ1n) is 10.3. The minimum atomic E-state index is -0.375. The van der Waals surface area contributed by atoms with Crippen molar-refractivity contribution in [3.63, 3.8) is 0 Å². The van der Waals surface area contributed by atoms with E-state index in [0.717, 1.165) is 45.2 Å². The molecule has 2 amide bonds. The van der Waals surface area contributed by atoms with Gasteiger partial charge in [-0.05, 0) is 65.4 Å². The maximum atomic E-state index is 12.1. The number of amides is 2. The summed E-state index contributed by atoms with van der Waals surface area (Å²) in [6, 6.07) is 25.6. The largest absolute Gasteiger partial charge is 0.489 e. The number of carbonyl (C=O) groups is 2. The first-order chi connectivity index (χ1) is 16.0. The summed E-state index contributed by atoms with van der Waals surface area (Å²) in [5.74, 6) is 0.387. The Morgan fingerprint density at radius 1 is 0.939 bits per heavy atom. The fourth-order valence-corrected chi connectivity index (χ4v) is 4.52. The van der Waals surface area contributed by atoms with E-state index < -0.39 is 0 Å². The molecule has 0 bridgehead atoms. The van der Waals surface area contributed by atoms with Crippen LogP contribution in [0.1, 0.15) is 16.8 Å². The van der Waals surface area contributed by atoms with Crippen molar-refractivity contribution >= 4 is 51.5 Å². The second-order valence-corrected chi connectivity index (χ2v) is 9.08. The van der Waals surface area contributed by atoms with Gasteiger partial charge in [0.2, 0.25) is 0 Å². The number of hydrogen-bond donors (Lipinski definition) is 1. The van der Waals surface area contributed by atoms with Crippen LogP contribution in [0.3, 0.4) is 0 Å². The van der Waals surface area contributed by atoms with Crippen molar-refractivity contribution in [1.82, 2.24) is 9.88 Å². The van der Waals surface area contributed by atoms with E-state index in [9.17, 15) is 9.59 Å². The molecule has 1 aromatic heterocycles. The van der Waals surface area contributed by atoms with Crippen LogP contribution in [0, 0.1) is 0 Å². The van der Waals surface area contributed by atoms with Gasteiger partial charge in [0, 0.05) is 28.2 Å². The Balaban J connectivity index is 1.51. The van der Waals surface area contributed by atoms with Crippen LogP contribution in [-0.4, -0.2) is 15.7 Å². The van der Waals surface area contributed by atoms with Crippen molar-refractivity contribution in [3.05, 3.63) is 106 Å². The number of halogens is 1. The van der Waals surface area contributed by atoms with E-state index in [4.69, 9.17) is 16.3 Å². The molecule has 0 spiro atoms. The first kappa shape index (κ1) is 21.4. The van der Waals surface area contributed by atoms with Gasteiger partial charge in [-0.2, -0.15) is 0 Å². The molecule has 1 fully saturated rings. The number of benzene rings is 3. The van der Waals surface area contributed by atoms with Crippen LogP contribution in [-0.2, 0) is 17.9 Å². The molecule has 1 N–H and O–H groups in total. The monoisotopic (exact) mass is 474 g/mol. The predicted octanol–water partition coefficient (Wildman–Crippen LogP) is 6.25. The fourth-order valence-electron chi connectivity index (χ4n) is 3.72. The fraction of sp³-hybridized carbons (Fsp3) is 0.0769. The van der Waals surface area contributed by atoms with Crippen molar-refractivity contribution in [1.29, 1.82) is 0 Å². The summed E-state index contributed by atoms with van der Waals surface area (Å²) in [5.41, 5.74) is 3.99. The molecule has 0 aliphatic carbocycles. The van der Waals surface area contributed by atoms with Gasteiger partial charge in [-0.1, -0.05) is 54.1 Å². The summed E-state index contributed by atoms with van der Waals surface area (Å²) >= 11 is 6.96. The summed E-state index contributed by atoms with van der Waals surface area (Å²) in [5, 5.41) is 3.61. The Morgan fingerprint density at radius 3 is 2.45 bits per heavy atom. The molecule has 2 heterocycles. The maximum absolute atomic E-state index is 12.1. The van der Waals surface area contributed by atoms with E-state index in [2.05, 4.69) is 9.88 Å². The molecule has 4 aromatic rings. The molecule has 1 saturated heterocycles. The van der Waals surface area contributed by atoms with E-state index in [-0.39, 0.29) is 11.1 Å². The number of fused-ring (bicyclic) bond motifs is 1. The Bertz CT molecular complexity index is 1380. The lowest BCUT2D eigenvalue weighted by atomic mass is 10.2. The van der Waals surface area contributed by atoms with Crippen molar-refractivity contribution < 1.29 is 14.3 Å². The SMILES string of the molecule is O=C1NC(=O)/C(=C\c2cc3cc(OCc4ccccc4)ccc3n2Cc2ccc(Cl)cc2)S1. The highest BCUT2D eigenvalue weighted by Crippen LogP contribution is 2.31. The van der Waals surface area contributed by atoms with Crippen molar-refractivity contribution in [3.8, 4) is 5.75 Å². The van der Waals surface area contributed by atoms with Gasteiger partial charge < -0.3 is 9.30 Å². The Hall–Kier alpha value is -3.48. The zero-order valence-corrected chi connectivity index (χ0v) is 19.0. The second-order valence-electron chi connectivity index (χ2n) is 7.63. The molecule has 164 valence electrons. The molecule has 3 aromatic carbocycles. The van der Waals surface area contributed by atoms with Crippen LogP contribution in [0.2, 0.25) is 5.02 Å². The lowest BCUT2D eigenvalue weighted by Crippen LogP contribution is -2.17. The molecule has 33 heavy (non-hydrogen) atoms. The van der Waals surface area contributed by atoms with Crippen molar-refractivity contribution in [2.45, 2.75) is 13.2 Å². The van der Waals surface area contributed by atoms with Gasteiger partial charge >= 0.3 is 0 Å². The van der Waals surface area contributed by atoms with E-state index in [1.54, 1.807) is 6.08 Å². The molecule has 5 rings (SSSR count). The third kappa shape index (κ3) is 4.82. The third-order valence-corrected chi connectivity index (χ3v) is 6.39. The molecule has 0 atom stereocenters. The zero-order chi connectivity index (χ0) is 22.8. The number of nitrogens with zero attached hydrogens (tertiary/aromatic N) is 1. The molecule has 0 radical (unpaired) electrons. The zero-order valence-electron chi connectivity index (χ0n) is 17.5. The summed E-state index contributed by atoms with van der Waals surface area (Å²) in [4.78, 5) is 24.1. The number of nitrogens with one attached hydrogen (secondary N) is 1. The lowest BCUT2D eigenvalue weighted by Gasteiger charge is -2.10. The first-order valence-corrected chi connectivity index (χ1v) is 11.5. The highest BCUT2D eigenvalue weighted by atomic mass is 35.5. The molecule has 1 aliphatic rings. The van der Waals surface area contributed by atoms with Crippen LogP contribution in [0.15, 0.2) is 83.8 Å². The normalized spacial score (nSPS) is 14.8. The summed E-state index contributed by atoms with van der Waals surface area (Å²) in [6.07, 6.45) is 1.76. The average molecular weight is 475 g/mol. The molecule has 0 saturated carbocycles. The molecular formula is C26H19ClN2O3S. The number of imide groups is 1. The number of thioether (sulfide) groups is 1. The van der Waals surface area contributed by atoms with Crippen LogP contribution >= 0.6 is 23.4 Å².